The fourth-order valence-corrected chi connectivity index (χ4v) is 2.19. The normalized spacial score (nSPS) is 10.8. The minimum Gasteiger partial charge on any atom is -0.398 e. The van der Waals surface area contributed by atoms with E-state index in [2.05, 4.69) is 15.5 Å². The van der Waals surface area contributed by atoms with Crippen molar-refractivity contribution in [3.63, 3.8) is 0 Å². The van der Waals surface area contributed by atoms with Crippen LogP contribution in [0, 0.1) is 5.82 Å². The van der Waals surface area contributed by atoms with Gasteiger partial charge in [0.1, 0.15) is 11.5 Å². The summed E-state index contributed by atoms with van der Waals surface area (Å²) in [5.74, 6) is -0.160. The molecule has 0 saturated carbocycles. The van der Waals surface area contributed by atoms with Gasteiger partial charge < -0.3 is 5.73 Å². The Labute approximate surface area is 129 Å². The molecule has 0 radical (unpaired) electrons. The third kappa shape index (κ3) is 2.55. The van der Waals surface area contributed by atoms with Gasteiger partial charge in [0.2, 0.25) is 0 Å². The summed E-state index contributed by atoms with van der Waals surface area (Å²) < 4.78 is 15.2. The zero-order valence-electron chi connectivity index (χ0n) is 10.5. The van der Waals surface area contributed by atoms with Gasteiger partial charge in [0.15, 0.2) is 5.82 Å². The Bertz CT molecular complexity index is 818. The number of aromatic nitrogens is 4. The van der Waals surface area contributed by atoms with Crippen LogP contribution in [0.3, 0.4) is 0 Å². The van der Waals surface area contributed by atoms with E-state index >= 15 is 0 Å². The zero-order chi connectivity index (χ0) is 15.0. The predicted octanol–water partition coefficient (Wildman–Crippen LogP) is 3.36. The van der Waals surface area contributed by atoms with Gasteiger partial charge in [0.05, 0.1) is 10.7 Å². The first-order valence-corrected chi connectivity index (χ1v) is 6.61. The van der Waals surface area contributed by atoms with Crippen molar-refractivity contribution in [1.29, 1.82) is 0 Å². The van der Waals surface area contributed by atoms with E-state index in [9.17, 15) is 4.39 Å². The Kier molecular flexibility index (Phi) is 3.48. The smallest absolute Gasteiger partial charge is 0.187 e. The number of halogens is 3. The van der Waals surface area contributed by atoms with Crippen LogP contribution in [0.5, 0.6) is 0 Å². The molecule has 8 heteroatoms. The highest BCUT2D eigenvalue weighted by molar-refractivity contribution is 6.33. The Balaban J connectivity index is 2.17. The summed E-state index contributed by atoms with van der Waals surface area (Å²) in [6, 6.07) is 9.08. The number of hydrogen-bond acceptors (Lipinski definition) is 4. The van der Waals surface area contributed by atoms with Crippen molar-refractivity contribution < 1.29 is 4.39 Å². The molecular weight excluding hydrogens is 316 g/mol. The van der Waals surface area contributed by atoms with Crippen molar-refractivity contribution in [1.82, 2.24) is 20.2 Å². The van der Waals surface area contributed by atoms with E-state index in [1.54, 1.807) is 18.2 Å². The van der Waals surface area contributed by atoms with E-state index < -0.39 is 5.82 Å². The molecular formula is C13H8Cl2FN5. The fourth-order valence-electron chi connectivity index (χ4n) is 1.84. The minimum absolute atomic E-state index is 0.149. The van der Waals surface area contributed by atoms with Crippen molar-refractivity contribution >= 4 is 28.9 Å². The lowest BCUT2D eigenvalue weighted by molar-refractivity contribution is 0.608. The van der Waals surface area contributed by atoms with E-state index in [1.807, 2.05) is 0 Å². The summed E-state index contributed by atoms with van der Waals surface area (Å²) in [6.45, 7) is 0. The molecule has 21 heavy (non-hydrogen) atoms. The number of benzene rings is 2. The second kappa shape index (κ2) is 5.31. The van der Waals surface area contributed by atoms with E-state index in [0.717, 1.165) is 0 Å². The van der Waals surface area contributed by atoms with Crippen molar-refractivity contribution in [3.05, 3.63) is 52.3 Å². The number of tetrazole rings is 1. The van der Waals surface area contributed by atoms with Gasteiger partial charge in [-0.1, -0.05) is 23.2 Å². The van der Waals surface area contributed by atoms with Gasteiger partial charge in [0, 0.05) is 10.6 Å². The number of anilines is 1. The fraction of sp³-hybridized carbons (Fsp3) is 0. The van der Waals surface area contributed by atoms with E-state index in [1.165, 1.54) is 22.9 Å². The van der Waals surface area contributed by atoms with E-state index in [4.69, 9.17) is 28.9 Å². The number of rotatable bonds is 2. The maximum atomic E-state index is 14.0. The lowest BCUT2D eigenvalue weighted by Gasteiger charge is -2.07. The Morgan fingerprint density at radius 2 is 1.90 bits per heavy atom. The molecule has 106 valence electrons. The second-order valence-electron chi connectivity index (χ2n) is 4.25. The van der Waals surface area contributed by atoms with Gasteiger partial charge in [-0.15, -0.1) is 5.10 Å². The SMILES string of the molecule is Nc1ccc(-c2nnnn2-c2cc(Cl)ccc2F)cc1Cl. The molecule has 0 saturated heterocycles. The van der Waals surface area contributed by atoms with Crippen molar-refractivity contribution in [2.45, 2.75) is 0 Å². The highest BCUT2D eigenvalue weighted by atomic mass is 35.5. The third-order valence-corrected chi connectivity index (χ3v) is 3.43. The molecule has 0 aliphatic carbocycles. The molecule has 5 nitrogen and oxygen atoms in total. The number of nitrogens with two attached hydrogens (primary N) is 1. The van der Waals surface area contributed by atoms with Crippen molar-refractivity contribution in [2.75, 3.05) is 5.73 Å². The molecule has 2 N–H and O–H groups in total. The first-order chi connectivity index (χ1) is 10.1. The maximum Gasteiger partial charge on any atom is 0.187 e. The quantitative estimate of drug-likeness (QED) is 0.734. The van der Waals surface area contributed by atoms with Gasteiger partial charge >= 0.3 is 0 Å². The van der Waals surface area contributed by atoms with Crippen LogP contribution in [0.4, 0.5) is 10.1 Å². The summed E-state index contributed by atoms with van der Waals surface area (Å²) in [5.41, 5.74) is 6.86. The van der Waals surface area contributed by atoms with Gasteiger partial charge in [-0.2, -0.15) is 4.68 Å². The molecule has 0 spiro atoms. The molecule has 2 aromatic carbocycles. The van der Waals surface area contributed by atoms with Crippen LogP contribution >= 0.6 is 23.2 Å². The lowest BCUT2D eigenvalue weighted by Crippen LogP contribution is -2.03. The molecule has 0 atom stereocenters. The summed E-state index contributed by atoms with van der Waals surface area (Å²) in [5, 5.41) is 12.0. The summed E-state index contributed by atoms with van der Waals surface area (Å²) >= 11 is 11.9. The van der Waals surface area contributed by atoms with Crippen molar-refractivity contribution in [2.24, 2.45) is 0 Å². The van der Waals surface area contributed by atoms with E-state index in [-0.39, 0.29) is 5.69 Å². The Morgan fingerprint density at radius 3 is 2.67 bits per heavy atom. The van der Waals surface area contributed by atoms with Crippen LogP contribution in [0.15, 0.2) is 36.4 Å². The molecule has 0 aliphatic rings. The molecule has 1 heterocycles. The molecule has 0 unspecified atom stereocenters. The molecule has 0 bridgehead atoms. The number of hydrogen-bond donors (Lipinski definition) is 1. The summed E-state index contributed by atoms with van der Waals surface area (Å²) in [4.78, 5) is 0. The van der Waals surface area contributed by atoms with Gasteiger partial charge in [-0.05, 0) is 46.8 Å². The summed E-state index contributed by atoms with van der Waals surface area (Å²) in [7, 11) is 0. The van der Waals surface area contributed by atoms with Gasteiger partial charge in [-0.25, -0.2) is 4.39 Å². The van der Waals surface area contributed by atoms with Crippen LogP contribution in [0.25, 0.3) is 17.1 Å². The molecule has 3 rings (SSSR count). The van der Waals surface area contributed by atoms with Gasteiger partial charge in [-0.3, -0.25) is 0 Å². The third-order valence-electron chi connectivity index (χ3n) is 2.86. The molecule has 0 aliphatic heterocycles. The average Bonchev–Trinajstić information content (AvgIpc) is 2.93. The Morgan fingerprint density at radius 1 is 1.10 bits per heavy atom. The highest BCUT2D eigenvalue weighted by Crippen LogP contribution is 2.27. The van der Waals surface area contributed by atoms with Crippen LogP contribution in [-0.2, 0) is 0 Å². The second-order valence-corrected chi connectivity index (χ2v) is 5.09. The van der Waals surface area contributed by atoms with Crippen LogP contribution in [0.1, 0.15) is 0 Å². The highest BCUT2D eigenvalue weighted by Gasteiger charge is 2.15. The molecule has 0 fully saturated rings. The standard InChI is InChI=1S/C13H8Cl2FN5/c14-8-2-3-10(16)12(6-8)21-13(18-19-20-21)7-1-4-11(17)9(15)5-7/h1-6H,17H2. The molecule has 1 aromatic heterocycles. The van der Waals surface area contributed by atoms with Crippen molar-refractivity contribution in [3.8, 4) is 17.1 Å². The maximum absolute atomic E-state index is 14.0. The summed E-state index contributed by atoms with van der Waals surface area (Å²) in [6.07, 6.45) is 0. The monoisotopic (exact) mass is 323 g/mol. The lowest BCUT2D eigenvalue weighted by atomic mass is 10.2. The van der Waals surface area contributed by atoms with Crippen LogP contribution in [-0.4, -0.2) is 20.2 Å². The average molecular weight is 324 g/mol. The molecule has 3 aromatic rings. The minimum atomic E-state index is -0.491. The largest absolute Gasteiger partial charge is 0.398 e. The number of nitrogen functional groups attached to an aromatic ring is 1. The van der Waals surface area contributed by atoms with Crippen LogP contribution in [0.2, 0.25) is 10.0 Å². The number of nitrogens with zero attached hydrogens (tertiary/aromatic N) is 4. The predicted molar refractivity (Wildman–Crippen MR) is 79.0 cm³/mol. The Hall–Kier alpha value is -2.18. The topological polar surface area (TPSA) is 69.6 Å². The first-order valence-electron chi connectivity index (χ1n) is 5.85. The van der Waals surface area contributed by atoms with Crippen LogP contribution < -0.4 is 5.73 Å². The first kappa shape index (κ1) is 13.8. The zero-order valence-corrected chi connectivity index (χ0v) is 12.0. The molecule has 0 amide bonds. The van der Waals surface area contributed by atoms with Gasteiger partial charge in [0.25, 0.3) is 0 Å². The van der Waals surface area contributed by atoms with E-state index in [0.29, 0.717) is 27.1 Å².